The predicted molar refractivity (Wildman–Crippen MR) is 114 cm³/mol. The summed E-state index contributed by atoms with van der Waals surface area (Å²) in [5.74, 6) is 0. The first-order valence-corrected chi connectivity index (χ1v) is 10.2. The summed E-state index contributed by atoms with van der Waals surface area (Å²) in [6, 6.07) is 19.7. The molecule has 0 atom stereocenters. The topological polar surface area (TPSA) is 47.4 Å². The lowest BCUT2D eigenvalue weighted by Crippen LogP contribution is -2.39. The summed E-state index contributed by atoms with van der Waals surface area (Å²) in [6.07, 6.45) is 0. The van der Waals surface area contributed by atoms with Crippen molar-refractivity contribution in [3.63, 3.8) is 0 Å². The zero-order chi connectivity index (χ0) is 19.3. The van der Waals surface area contributed by atoms with Crippen molar-refractivity contribution in [2.24, 2.45) is 0 Å². The molecule has 2 heterocycles. The molecule has 1 saturated heterocycles. The zero-order valence-electron chi connectivity index (χ0n) is 15.6. The number of halogens is 1. The Labute approximate surface area is 172 Å². The minimum absolute atomic E-state index is 0.0572. The van der Waals surface area contributed by atoms with Crippen LogP contribution in [0.2, 0.25) is 0 Å². The van der Waals surface area contributed by atoms with E-state index >= 15 is 0 Å². The second-order valence-corrected chi connectivity index (χ2v) is 7.72. The van der Waals surface area contributed by atoms with Crippen LogP contribution in [0, 0.1) is 0 Å². The van der Waals surface area contributed by atoms with Crippen LogP contribution in [0.15, 0.2) is 69.9 Å². The van der Waals surface area contributed by atoms with Gasteiger partial charge in [-0.1, -0.05) is 58.4 Å². The van der Waals surface area contributed by atoms with Crippen molar-refractivity contribution in [2.45, 2.75) is 6.54 Å². The van der Waals surface area contributed by atoms with Crippen molar-refractivity contribution in [3.05, 3.63) is 75.5 Å². The summed E-state index contributed by atoms with van der Waals surface area (Å²) >= 11 is 3.52. The van der Waals surface area contributed by atoms with E-state index in [0.29, 0.717) is 12.1 Å². The highest BCUT2D eigenvalue weighted by molar-refractivity contribution is 9.10. The van der Waals surface area contributed by atoms with Crippen molar-refractivity contribution in [1.29, 1.82) is 0 Å². The summed E-state index contributed by atoms with van der Waals surface area (Å²) < 4.78 is 8.00. The number of nitrogens with zero attached hydrogens (tertiary/aromatic N) is 3. The van der Waals surface area contributed by atoms with E-state index in [9.17, 15) is 4.79 Å². The number of ether oxygens (including phenoxy) is 1. The molecule has 5 nitrogen and oxygen atoms in total. The zero-order valence-corrected chi connectivity index (χ0v) is 17.1. The fourth-order valence-electron chi connectivity index (χ4n) is 3.37. The highest BCUT2D eigenvalue weighted by Crippen LogP contribution is 2.24. The quantitative estimate of drug-likeness (QED) is 0.608. The van der Waals surface area contributed by atoms with Crippen molar-refractivity contribution in [3.8, 4) is 22.4 Å². The van der Waals surface area contributed by atoms with Crippen molar-refractivity contribution in [1.82, 2.24) is 14.7 Å². The van der Waals surface area contributed by atoms with Crippen LogP contribution in [0.3, 0.4) is 0 Å². The van der Waals surface area contributed by atoms with Crippen LogP contribution >= 0.6 is 15.9 Å². The number of morpholine rings is 1. The van der Waals surface area contributed by atoms with Gasteiger partial charge in [-0.05, 0) is 23.8 Å². The minimum Gasteiger partial charge on any atom is -0.379 e. The van der Waals surface area contributed by atoms with Crippen molar-refractivity contribution in [2.75, 3.05) is 32.8 Å². The number of aromatic nitrogens is 2. The predicted octanol–water partition coefficient (Wildman–Crippen LogP) is 3.67. The Kier molecular flexibility index (Phi) is 6.00. The maximum Gasteiger partial charge on any atom is 0.274 e. The van der Waals surface area contributed by atoms with E-state index in [0.717, 1.165) is 54.1 Å². The summed E-state index contributed by atoms with van der Waals surface area (Å²) in [4.78, 5) is 15.5. The first-order valence-electron chi connectivity index (χ1n) is 9.44. The second-order valence-electron chi connectivity index (χ2n) is 6.80. The molecule has 0 radical (unpaired) electrons. The normalized spacial score (nSPS) is 14.9. The van der Waals surface area contributed by atoms with Gasteiger partial charge >= 0.3 is 0 Å². The second kappa shape index (κ2) is 8.82. The van der Waals surface area contributed by atoms with E-state index in [-0.39, 0.29) is 5.56 Å². The highest BCUT2D eigenvalue weighted by Gasteiger charge is 2.14. The van der Waals surface area contributed by atoms with Crippen LogP contribution in [0.5, 0.6) is 0 Å². The molecule has 0 aliphatic carbocycles. The molecule has 0 spiro atoms. The fourth-order valence-corrected chi connectivity index (χ4v) is 3.77. The van der Waals surface area contributed by atoms with Crippen LogP contribution in [-0.4, -0.2) is 47.5 Å². The average molecular weight is 440 g/mol. The highest BCUT2D eigenvalue weighted by atomic mass is 79.9. The molecular formula is C22H22BrN3O2. The van der Waals surface area contributed by atoms with Gasteiger partial charge in [-0.2, -0.15) is 5.10 Å². The van der Waals surface area contributed by atoms with Crippen LogP contribution in [0.4, 0.5) is 0 Å². The molecule has 1 aliphatic rings. The molecule has 1 aliphatic heterocycles. The van der Waals surface area contributed by atoms with Crippen LogP contribution < -0.4 is 5.56 Å². The molecule has 6 heteroatoms. The van der Waals surface area contributed by atoms with Gasteiger partial charge in [0.05, 0.1) is 31.0 Å². The number of hydrogen-bond donors (Lipinski definition) is 0. The van der Waals surface area contributed by atoms with Gasteiger partial charge < -0.3 is 4.74 Å². The molecule has 0 bridgehead atoms. The Bertz CT molecular complexity index is 998. The Morgan fingerprint density at radius 1 is 0.929 bits per heavy atom. The lowest BCUT2D eigenvalue weighted by Gasteiger charge is -2.26. The maximum atomic E-state index is 13.1. The van der Waals surface area contributed by atoms with E-state index < -0.39 is 0 Å². The van der Waals surface area contributed by atoms with Gasteiger partial charge in [0, 0.05) is 29.7 Å². The molecule has 3 aromatic rings. The lowest BCUT2D eigenvalue weighted by atomic mass is 10.0. The lowest BCUT2D eigenvalue weighted by molar-refractivity contribution is 0.0358. The van der Waals surface area contributed by atoms with Crippen LogP contribution in [0.1, 0.15) is 0 Å². The van der Waals surface area contributed by atoms with Crippen LogP contribution in [0.25, 0.3) is 22.4 Å². The van der Waals surface area contributed by atoms with Gasteiger partial charge in [0.2, 0.25) is 0 Å². The van der Waals surface area contributed by atoms with E-state index in [4.69, 9.17) is 4.74 Å². The van der Waals surface area contributed by atoms with Gasteiger partial charge in [0.1, 0.15) is 0 Å². The third kappa shape index (κ3) is 4.41. The number of hydrogen-bond acceptors (Lipinski definition) is 4. The van der Waals surface area contributed by atoms with E-state index in [1.807, 2.05) is 60.7 Å². The number of benzene rings is 2. The molecule has 0 N–H and O–H groups in total. The van der Waals surface area contributed by atoms with Gasteiger partial charge in [0.25, 0.3) is 5.56 Å². The van der Waals surface area contributed by atoms with E-state index in [1.54, 1.807) is 4.68 Å². The maximum absolute atomic E-state index is 13.1. The standard InChI is InChI=1S/C22H22BrN3O2/c23-19-8-4-7-18(15-19)21-16-20(17-5-2-1-3-6-17)22(27)26(24-21)10-9-25-11-13-28-14-12-25/h1-8,15-16H,9-14H2. The molecule has 0 unspecified atom stereocenters. The van der Waals surface area contributed by atoms with E-state index in [2.05, 4.69) is 25.9 Å². The third-order valence-electron chi connectivity index (χ3n) is 4.91. The average Bonchev–Trinajstić information content (AvgIpc) is 2.74. The molecule has 4 rings (SSSR count). The van der Waals surface area contributed by atoms with Crippen molar-refractivity contribution < 1.29 is 4.74 Å². The molecule has 28 heavy (non-hydrogen) atoms. The van der Waals surface area contributed by atoms with Crippen molar-refractivity contribution >= 4 is 15.9 Å². The first kappa shape index (κ1) is 19.1. The molecule has 144 valence electrons. The third-order valence-corrected chi connectivity index (χ3v) is 5.40. The first-order chi connectivity index (χ1) is 13.7. The summed E-state index contributed by atoms with van der Waals surface area (Å²) in [6.45, 7) is 4.62. The molecule has 0 amide bonds. The Balaban J connectivity index is 1.73. The fraction of sp³-hybridized carbons (Fsp3) is 0.273. The summed E-state index contributed by atoms with van der Waals surface area (Å²) in [5.41, 5.74) is 3.30. The van der Waals surface area contributed by atoms with Crippen LogP contribution in [-0.2, 0) is 11.3 Å². The Morgan fingerprint density at radius 3 is 2.43 bits per heavy atom. The Hall–Kier alpha value is -2.28. The summed E-state index contributed by atoms with van der Waals surface area (Å²) in [7, 11) is 0. The number of rotatable bonds is 5. The summed E-state index contributed by atoms with van der Waals surface area (Å²) in [5, 5.41) is 4.68. The van der Waals surface area contributed by atoms with Gasteiger partial charge in [-0.3, -0.25) is 9.69 Å². The minimum atomic E-state index is -0.0572. The molecule has 0 saturated carbocycles. The Morgan fingerprint density at radius 2 is 1.68 bits per heavy atom. The smallest absolute Gasteiger partial charge is 0.274 e. The monoisotopic (exact) mass is 439 g/mol. The SMILES string of the molecule is O=c1c(-c2ccccc2)cc(-c2cccc(Br)c2)nn1CCN1CCOCC1. The molecule has 2 aromatic carbocycles. The molecule has 1 aromatic heterocycles. The largest absolute Gasteiger partial charge is 0.379 e. The molecule has 1 fully saturated rings. The van der Waals surface area contributed by atoms with Gasteiger partial charge in [-0.25, -0.2) is 4.68 Å². The van der Waals surface area contributed by atoms with E-state index in [1.165, 1.54) is 0 Å². The molecular weight excluding hydrogens is 418 g/mol. The van der Waals surface area contributed by atoms with Gasteiger partial charge in [0.15, 0.2) is 0 Å². The van der Waals surface area contributed by atoms with Gasteiger partial charge in [-0.15, -0.1) is 0 Å².